The number of hydrogen-bond acceptors (Lipinski definition) is 3. The van der Waals surface area contributed by atoms with Crippen LogP contribution in [-0.4, -0.2) is 31.1 Å². The van der Waals surface area contributed by atoms with Gasteiger partial charge in [-0.3, -0.25) is 0 Å². The summed E-state index contributed by atoms with van der Waals surface area (Å²) in [6.45, 7) is 8.50. The van der Waals surface area contributed by atoms with Crippen LogP contribution in [0.25, 0.3) is 0 Å². The molecule has 112 valence electrons. The lowest BCUT2D eigenvalue weighted by atomic mass is 9.89. The zero-order chi connectivity index (χ0) is 13.7. The molecule has 3 nitrogen and oxygen atoms in total. The first-order valence-corrected chi connectivity index (χ1v) is 8.14. The number of nitrogens with one attached hydrogen (secondary N) is 1. The molecule has 1 saturated carbocycles. The molecule has 1 unspecified atom stereocenters. The summed E-state index contributed by atoms with van der Waals surface area (Å²) in [6, 6.07) is 1.30. The maximum atomic E-state index is 5.78. The van der Waals surface area contributed by atoms with E-state index in [2.05, 4.69) is 26.1 Å². The average molecular weight is 269 g/mol. The second-order valence-corrected chi connectivity index (χ2v) is 6.77. The molecular formula is C16H31NO2. The van der Waals surface area contributed by atoms with E-state index in [-0.39, 0.29) is 5.79 Å². The van der Waals surface area contributed by atoms with Gasteiger partial charge < -0.3 is 14.8 Å². The molecule has 2 rings (SSSR count). The van der Waals surface area contributed by atoms with Crippen molar-refractivity contribution in [3.63, 3.8) is 0 Å². The molecule has 0 aromatic heterocycles. The molecule has 1 atom stereocenters. The Morgan fingerprint density at radius 2 is 1.68 bits per heavy atom. The SMILES string of the molecule is CC(C)CCCC(C)NC1CCC2(CC1)OCCO2. The standard InChI is InChI=1S/C16H31NO2/c1-13(2)5-4-6-14(3)17-15-7-9-16(10-8-15)18-11-12-19-16/h13-15,17H,4-12H2,1-3H3. The van der Waals surface area contributed by atoms with Crippen LogP contribution < -0.4 is 5.32 Å². The van der Waals surface area contributed by atoms with Crippen LogP contribution in [0.15, 0.2) is 0 Å². The molecule has 2 aliphatic rings. The maximum absolute atomic E-state index is 5.78. The van der Waals surface area contributed by atoms with E-state index in [1.54, 1.807) is 0 Å². The molecule has 0 bridgehead atoms. The van der Waals surface area contributed by atoms with Crippen LogP contribution in [-0.2, 0) is 9.47 Å². The average Bonchev–Trinajstić information content (AvgIpc) is 2.81. The molecule has 1 aliphatic heterocycles. The van der Waals surface area contributed by atoms with Crippen molar-refractivity contribution < 1.29 is 9.47 Å². The Kier molecular flexibility index (Phi) is 5.67. The Hall–Kier alpha value is -0.120. The van der Waals surface area contributed by atoms with Crippen LogP contribution in [0.5, 0.6) is 0 Å². The molecule has 19 heavy (non-hydrogen) atoms. The minimum Gasteiger partial charge on any atom is -0.348 e. The van der Waals surface area contributed by atoms with Gasteiger partial charge in [0, 0.05) is 24.9 Å². The van der Waals surface area contributed by atoms with Crippen LogP contribution in [0, 0.1) is 5.92 Å². The largest absolute Gasteiger partial charge is 0.348 e. The molecule has 1 heterocycles. The number of hydrogen-bond donors (Lipinski definition) is 1. The predicted molar refractivity (Wildman–Crippen MR) is 78.2 cm³/mol. The van der Waals surface area contributed by atoms with Gasteiger partial charge in [-0.25, -0.2) is 0 Å². The van der Waals surface area contributed by atoms with Gasteiger partial charge in [-0.2, -0.15) is 0 Å². The van der Waals surface area contributed by atoms with E-state index in [0.29, 0.717) is 12.1 Å². The lowest BCUT2D eigenvalue weighted by molar-refractivity contribution is -0.179. The summed E-state index contributed by atoms with van der Waals surface area (Å²) in [5.41, 5.74) is 0. The zero-order valence-corrected chi connectivity index (χ0v) is 12.9. The van der Waals surface area contributed by atoms with Gasteiger partial charge in [0.2, 0.25) is 0 Å². The molecule has 1 saturated heterocycles. The Labute approximate surface area is 118 Å². The van der Waals surface area contributed by atoms with Crippen LogP contribution in [0.4, 0.5) is 0 Å². The molecule has 0 aromatic carbocycles. The van der Waals surface area contributed by atoms with Gasteiger partial charge in [0.15, 0.2) is 5.79 Å². The highest BCUT2D eigenvalue weighted by Gasteiger charge is 2.40. The fourth-order valence-electron chi connectivity index (χ4n) is 3.33. The van der Waals surface area contributed by atoms with Crippen molar-refractivity contribution in [3.8, 4) is 0 Å². The summed E-state index contributed by atoms with van der Waals surface area (Å²) in [5.74, 6) is 0.623. The van der Waals surface area contributed by atoms with E-state index in [1.807, 2.05) is 0 Å². The van der Waals surface area contributed by atoms with E-state index >= 15 is 0 Å². The third-order valence-corrected chi connectivity index (χ3v) is 4.50. The highest BCUT2D eigenvalue weighted by atomic mass is 16.7. The molecule has 0 radical (unpaired) electrons. The zero-order valence-electron chi connectivity index (χ0n) is 12.9. The molecule has 0 aromatic rings. The van der Waals surface area contributed by atoms with Crippen molar-refractivity contribution in [1.29, 1.82) is 0 Å². The lowest BCUT2D eigenvalue weighted by Gasteiger charge is -2.36. The minimum atomic E-state index is -0.209. The van der Waals surface area contributed by atoms with Crippen LogP contribution >= 0.6 is 0 Å². The van der Waals surface area contributed by atoms with E-state index < -0.39 is 0 Å². The lowest BCUT2D eigenvalue weighted by Crippen LogP contribution is -2.44. The quantitative estimate of drug-likeness (QED) is 0.801. The van der Waals surface area contributed by atoms with Gasteiger partial charge in [0.25, 0.3) is 0 Å². The fraction of sp³-hybridized carbons (Fsp3) is 1.00. The first-order chi connectivity index (χ1) is 9.10. The third kappa shape index (κ3) is 4.73. The van der Waals surface area contributed by atoms with E-state index in [4.69, 9.17) is 9.47 Å². The van der Waals surface area contributed by atoms with E-state index in [0.717, 1.165) is 32.0 Å². The number of rotatable bonds is 6. The number of ether oxygens (including phenoxy) is 2. The Morgan fingerprint density at radius 3 is 2.26 bits per heavy atom. The van der Waals surface area contributed by atoms with E-state index in [9.17, 15) is 0 Å². The molecule has 0 amide bonds. The molecule has 1 aliphatic carbocycles. The smallest absolute Gasteiger partial charge is 0.168 e. The Morgan fingerprint density at radius 1 is 1.05 bits per heavy atom. The minimum absolute atomic E-state index is 0.209. The topological polar surface area (TPSA) is 30.5 Å². The van der Waals surface area contributed by atoms with Crippen molar-refractivity contribution in [2.75, 3.05) is 13.2 Å². The maximum Gasteiger partial charge on any atom is 0.168 e. The summed E-state index contributed by atoms with van der Waals surface area (Å²) in [7, 11) is 0. The van der Waals surface area contributed by atoms with Gasteiger partial charge in [-0.1, -0.05) is 26.7 Å². The third-order valence-electron chi connectivity index (χ3n) is 4.50. The van der Waals surface area contributed by atoms with Crippen LogP contribution in [0.3, 0.4) is 0 Å². The first kappa shape index (κ1) is 15.3. The van der Waals surface area contributed by atoms with Gasteiger partial charge >= 0.3 is 0 Å². The van der Waals surface area contributed by atoms with Crippen molar-refractivity contribution in [1.82, 2.24) is 5.32 Å². The van der Waals surface area contributed by atoms with Gasteiger partial charge in [0.1, 0.15) is 0 Å². The Balaban J connectivity index is 1.62. The molecule has 1 spiro atoms. The molecular weight excluding hydrogens is 238 g/mol. The summed E-state index contributed by atoms with van der Waals surface area (Å²) in [5, 5.41) is 3.79. The fourth-order valence-corrected chi connectivity index (χ4v) is 3.33. The monoisotopic (exact) mass is 269 g/mol. The van der Waals surface area contributed by atoms with Gasteiger partial charge in [-0.15, -0.1) is 0 Å². The van der Waals surface area contributed by atoms with Gasteiger partial charge in [-0.05, 0) is 32.1 Å². The summed E-state index contributed by atoms with van der Waals surface area (Å²) in [6.07, 6.45) is 8.48. The first-order valence-electron chi connectivity index (χ1n) is 8.14. The predicted octanol–water partition coefficient (Wildman–Crippen LogP) is 3.48. The molecule has 3 heteroatoms. The van der Waals surface area contributed by atoms with Crippen molar-refractivity contribution in [2.45, 2.75) is 83.6 Å². The summed E-state index contributed by atoms with van der Waals surface area (Å²) < 4.78 is 11.6. The van der Waals surface area contributed by atoms with Crippen molar-refractivity contribution in [3.05, 3.63) is 0 Å². The van der Waals surface area contributed by atoms with E-state index in [1.165, 1.54) is 32.1 Å². The summed E-state index contributed by atoms with van der Waals surface area (Å²) in [4.78, 5) is 0. The normalized spacial score (nSPS) is 25.3. The highest BCUT2D eigenvalue weighted by molar-refractivity contribution is 4.86. The second-order valence-electron chi connectivity index (χ2n) is 6.77. The van der Waals surface area contributed by atoms with Crippen LogP contribution in [0.1, 0.15) is 65.7 Å². The second kappa shape index (κ2) is 7.05. The highest BCUT2D eigenvalue weighted by Crippen LogP contribution is 2.35. The van der Waals surface area contributed by atoms with Crippen molar-refractivity contribution >= 4 is 0 Å². The van der Waals surface area contributed by atoms with Crippen LogP contribution in [0.2, 0.25) is 0 Å². The van der Waals surface area contributed by atoms with Crippen molar-refractivity contribution in [2.24, 2.45) is 5.92 Å². The molecule has 1 N–H and O–H groups in total. The summed E-state index contributed by atoms with van der Waals surface area (Å²) >= 11 is 0. The van der Waals surface area contributed by atoms with Gasteiger partial charge in [0.05, 0.1) is 13.2 Å². The molecule has 2 fully saturated rings. The Bertz CT molecular complexity index is 251.